The molecule has 0 spiro atoms. The lowest BCUT2D eigenvalue weighted by Crippen LogP contribution is -2.04. The fourth-order valence-corrected chi connectivity index (χ4v) is 2.79. The Hall–Kier alpha value is -0.210. The summed E-state index contributed by atoms with van der Waals surface area (Å²) in [7, 11) is 0. The standard InChI is InChI=1S/C16H24BrClO/c1-4-6-7-12(3)16(18)13-8-9-15(14(17)11-13)19-10-5-2/h8-9,11-12,16H,4-7,10H2,1-3H3. The van der Waals surface area contributed by atoms with Gasteiger partial charge in [-0.1, -0.05) is 39.7 Å². The second-order valence-electron chi connectivity index (χ2n) is 5.06. The van der Waals surface area contributed by atoms with E-state index in [1.54, 1.807) is 0 Å². The van der Waals surface area contributed by atoms with Crippen LogP contribution in [0.5, 0.6) is 5.75 Å². The molecule has 19 heavy (non-hydrogen) atoms. The van der Waals surface area contributed by atoms with Crippen molar-refractivity contribution in [2.24, 2.45) is 5.92 Å². The third kappa shape index (κ3) is 5.35. The summed E-state index contributed by atoms with van der Waals surface area (Å²) >= 11 is 10.1. The molecule has 108 valence electrons. The maximum absolute atomic E-state index is 6.56. The summed E-state index contributed by atoms with van der Waals surface area (Å²) in [6.45, 7) is 7.29. The molecule has 0 aliphatic carbocycles. The first kappa shape index (κ1) is 16.8. The second kappa shape index (κ2) is 8.86. The van der Waals surface area contributed by atoms with Crippen molar-refractivity contribution in [2.45, 2.75) is 51.8 Å². The van der Waals surface area contributed by atoms with Gasteiger partial charge in [-0.05, 0) is 52.4 Å². The predicted octanol–water partition coefficient (Wildman–Crippen LogP) is 6.34. The lowest BCUT2D eigenvalue weighted by atomic mass is 9.95. The molecule has 3 heteroatoms. The molecule has 2 atom stereocenters. The number of ether oxygens (including phenoxy) is 1. The van der Waals surface area contributed by atoms with Crippen molar-refractivity contribution < 1.29 is 4.74 Å². The van der Waals surface area contributed by atoms with Crippen molar-refractivity contribution >= 4 is 27.5 Å². The molecule has 2 unspecified atom stereocenters. The minimum absolute atomic E-state index is 0.0723. The highest BCUT2D eigenvalue weighted by atomic mass is 79.9. The first-order valence-corrected chi connectivity index (χ1v) is 8.39. The van der Waals surface area contributed by atoms with Crippen LogP contribution in [0.25, 0.3) is 0 Å². The molecule has 0 aliphatic rings. The lowest BCUT2D eigenvalue weighted by molar-refractivity contribution is 0.315. The number of alkyl halides is 1. The van der Waals surface area contributed by atoms with Crippen LogP contribution in [0.3, 0.4) is 0 Å². The first-order chi connectivity index (χ1) is 9.10. The number of benzene rings is 1. The zero-order valence-electron chi connectivity index (χ0n) is 12.1. The molecule has 0 bridgehead atoms. The van der Waals surface area contributed by atoms with E-state index < -0.39 is 0 Å². The largest absolute Gasteiger partial charge is 0.492 e. The average molecular weight is 348 g/mol. The van der Waals surface area contributed by atoms with E-state index in [-0.39, 0.29) is 5.38 Å². The summed E-state index contributed by atoms with van der Waals surface area (Å²) in [6.07, 6.45) is 4.65. The smallest absolute Gasteiger partial charge is 0.133 e. The Morgan fingerprint density at radius 3 is 2.58 bits per heavy atom. The van der Waals surface area contributed by atoms with Crippen LogP contribution in [-0.4, -0.2) is 6.61 Å². The molecule has 0 N–H and O–H groups in total. The molecular formula is C16H24BrClO. The second-order valence-corrected chi connectivity index (χ2v) is 6.38. The molecule has 1 nitrogen and oxygen atoms in total. The van der Waals surface area contributed by atoms with E-state index in [1.807, 2.05) is 6.07 Å². The van der Waals surface area contributed by atoms with Crippen molar-refractivity contribution in [1.29, 1.82) is 0 Å². The summed E-state index contributed by atoms with van der Waals surface area (Å²) in [5, 5.41) is 0.0723. The van der Waals surface area contributed by atoms with Gasteiger partial charge in [-0.25, -0.2) is 0 Å². The number of halogens is 2. The highest BCUT2D eigenvalue weighted by molar-refractivity contribution is 9.10. The van der Waals surface area contributed by atoms with Gasteiger partial charge in [-0.15, -0.1) is 11.6 Å². The van der Waals surface area contributed by atoms with E-state index in [0.29, 0.717) is 5.92 Å². The summed E-state index contributed by atoms with van der Waals surface area (Å²) < 4.78 is 6.65. The molecule has 0 saturated heterocycles. The summed E-state index contributed by atoms with van der Waals surface area (Å²) in [4.78, 5) is 0. The van der Waals surface area contributed by atoms with E-state index in [0.717, 1.165) is 23.2 Å². The summed E-state index contributed by atoms with van der Waals surface area (Å²) in [5.74, 6) is 1.40. The monoisotopic (exact) mass is 346 g/mol. The molecular weight excluding hydrogens is 324 g/mol. The Morgan fingerprint density at radius 1 is 1.26 bits per heavy atom. The molecule has 0 saturated carbocycles. The zero-order valence-corrected chi connectivity index (χ0v) is 14.4. The third-order valence-corrected chi connectivity index (χ3v) is 4.55. The topological polar surface area (TPSA) is 9.23 Å². The van der Waals surface area contributed by atoms with Crippen LogP contribution in [-0.2, 0) is 0 Å². The number of hydrogen-bond donors (Lipinski definition) is 0. The SMILES string of the molecule is CCCCC(C)C(Cl)c1ccc(OCCC)c(Br)c1. The van der Waals surface area contributed by atoms with Crippen molar-refractivity contribution in [3.63, 3.8) is 0 Å². The molecule has 0 aromatic heterocycles. The highest BCUT2D eigenvalue weighted by Gasteiger charge is 2.17. The van der Waals surface area contributed by atoms with Crippen LogP contribution in [0.4, 0.5) is 0 Å². The Balaban J connectivity index is 2.70. The predicted molar refractivity (Wildman–Crippen MR) is 87.2 cm³/mol. The van der Waals surface area contributed by atoms with Crippen molar-refractivity contribution in [3.05, 3.63) is 28.2 Å². The van der Waals surface area contributed by atoms with Gasteiger partial charge in [0.05, 0.1) is 16.5 Å². The van der Waals surface area contributed by atoms with Gasteiger partial charge in [-0.2, -0.15) is 0 Å². The van der Waals surface area contributed by atoms with Crippen LogP contribution < -0.4 is 4.74 Å². The van der Waals surface area contributed by atoms with Gasteiger partial charge in [0, 0.05) is 0 Å². The average Bonchev–Trinajstić information content (AvgIpc) is 2.42. The quantitative estimate of drug-likeness (QED) is 0.498. The number of rotatable bonds is 8. The van der Waals surface area contributed by atoms with E-state index in [1.165, 1.54) is 24.8 Å². The third-order valence-electron chi connectivity index (χ3n) is 3.25. The molecule has 0 heterocycles. The Morgan fingerprint density at radius 2 is 2.00 bits per heavy atom. The highest BCUT2D eigenvalue weighted by Crippen LogP contribution is 2.36. The summed E-state index contributed by atoms with van der Waals surface area (Å²) in [6, 6.07) is 6.18. The van der Waals surface area contributed by atoms with Gasteiger partial charge in [0.15, 0.2) is 0 Å². The molecule has 0 amide bonds. The Kier molecular flexibility index (Phi) is 7.86. The van der Waals surface area contributed by atoms with Gasteiger partial charge in [-0.3, -0.25) is 0 Å². The minimum atomic E-state index is 0.0723. The van der Waals surface area contributed by atoms with E-state index in [4.69, 9.17) is 16.3 Å². The van der Waals surface area contributed by atoms with Crippen molar-refractivity contribution in [3.8, 4) is 5.75 Å². The molecule has 0 radical (unpaired) electrons. The van der Waals surface area contributed by atoms with Crippen LogP contribution in [0.15, 0.2) is 22.7 Å². The fraction of sp³-hybridized carbons (Fsp3) is 0.625. The molecule has 1 aromatic rings. The Labute approximate surface area is 130 Å². The van der Waals surface area contributed by atoms with Gasteiger partial charge in [0.25, 0.3) is 0 Å². The molecule has 1 rings (SSSR count). The first-order valence-electron chi connectivity index (χ1n) is 7.16. The van der Waals surface area contributed by atoms with Crippen LogP contribution in [0, 0.1) is 5.92 Å². The van der Waals surface area contributed by atoms with Gasteiger partial charge in [0.2, 0.25) is 0 Å². The fourth-order valence-electron chi connectivity index (χ4n) is 2.02. The van der Waals surface area contributed by atoms with Crippen LogP contribution in [0.1, 0.15) is 57.4 Å². The van der Waals surface area contributed by atoms with Crippen molar-refractivity contribution in [1.82, 2.24) is 0 Å². The maximum Gasteiger partial charge on any atom is 0.133 e. The van der Waals surface area contributed by atoms with Crippen LogP contribution in [0.2, 0.25) is 0 Å². The van der Waals surface area contributed by atoms with Gasteiger partial charge in [0.1, 0.15) is 5.75 Å². The maximum atomic E-state index is 6.56. The normalized spacial score (nSPS) is 14.2. The lowest BCUT2D eigenvalue weighted by Gasteiger charge is -2.19. The van der Waals surface area contributed by atoms with Gasteiger partial charge < -0.3 is 4.74 Å². The summed E-state index contributed by atoms with van der Waals surface area (Å²) in [5.41, 5.74) is 1.17. The molecule has 0 aliphatic heterocycles. The minimum Gasteiger partial charge on any atom is -0.492 e. The van der Waals surface area contributed by atoms with E-state index in [9.17, 15) is 0 Å². The zero-order chi connectivity index (χ0) is 14.3. The van der Waals surface area contributed by atoms with Crippen molar-refractivity contribution in [2.75, 3.05) is 6.61 Å². The number of hydrogen-bond acceptors (Lipinski definition) is 1. The Bertz CT molecular complexity index is 381. The van der Waals surface area contributed by atoms with E-state index in [2.05, 4.69) is 48.8 Å². The van der Waals surface area contributed by atoms with Crippen LogP contribution >= 0.6 is 27.5 Å². The number of unbranched alkanes of at least 4 members (excludes halogenated alkanes) is 1. The molecule has 0 fully saturated rings. The van der Waals surface area contributed by atoms with E-state index >= 15 is 0 Å². The van der Waals surface area contributed by atoms with Gasteiger partial charge >= 0.3 is 0 Å². The molecule has 1 aromatic carbocycles.